The summed E-state index contributed by atoms with van der Waals surface area (Å²) in [7, 11) is 0. The molecule has 0 radical (unpaired) electrons. The fourth-order valence-electron chi connectivity index (χ4n) is 4.61. The van der Waals surface area contributed by atoms with Crippen molar-refractivity contribution in [1.82, 2.24) is 24.4 Å². The Morgan fingerprint density at radius 3 is 2.79 bits per heavy atom. The molecule has 4 heterocycles. The van der Waals surface area contributed by atoms with E-state index in [0.29, 0.717) is 18.2 Å². The van der Waals surface area contributed by atoms with Crippen LogP contribution in [0.5, 0.6) is 0 Å². The molecule has 7 heteroatoms. The first kappa shape index (κ1) is 20.1. The number of likely N-dealkylation sites (tertiary alicyclic amines) is 1. The molecule has 29 heavy (non-hydrogen) atoms. The Bertz CT molecular complexity index is 960. The molecule has 158 valence electrons. The molecule has 2 unspecified atom stereocenters. The number of carbonyl (C=O) groups is 1. The van der Waals surface area contributed by atoms with Crippen molar-refractivity contribution in [2.75, 3.05) is 13.1 Å². The quantitative estimate of drug-likeness (QED) is 0.858. The SMILES string of the molecule is CCC(C)C(=O)N1CCCCC1c1cc2nc3c(c(=O)n2[nH]1)CN(C(C)C)CC3. The van der Waals surface area contributed by atoms with E-state index in [-0.39, 0.29) is 23.4 Å². The standard InChI is InChI=1S/C22H33N5O2/c1-5-15(4)21(28)26-10-7-6-8-19(26)18-12-20-23-17-9-11-25(14(2)3)13-16(17)22(29)27(20)24-18/h12,14-15,19,24H,5-11,13H2,1-4H3. The molecule has 7 nitrogen and oxygen atoms in total. The number of hydrogen-bond acceptors (Lipinski definition) is 4. The van der Waals surface area contributed by atoms with Gasteiger partial charge in [-0.2, -0.15) is 0 Å². The summed E-state index contributed by atoms with van der Waals surface area (Å²) in [6.07, 6.45) is 4.70. The Morgan fingerprint density at radius 2 is 2.07 bits per heavy atom. The van der Waals surface area contributed by atoms with Crippen LogP contribution in [0.2, 0.25) is 0 Å². The van der Waals surface area contributed by atoms with Crippen molar-refractivity contribution in [2.45, 2.75) is 78.4 Å². The second-order valence-electron chi connectivity index (χ2n) is 8.91. The lowest BCUT2D eigenvalue weighted by molar-refractivity contribution is -0.139. The highest BCUT2D eigenvalue weighted by molar-refractivity contribution is 5.79. The van der Waals surface area contributed by atoms with Crippen LogP contribution in [-0.4, -0.2) is 49.4 Å². The lowest BCUT2D eigenvalue weighted by Gasteiger charge is -2.36. The smallest absolute Gasteiger partial charge is 0.277 e. The summed E-state index contributed by atoms with van der Waals surface area (Å²) in [5.41, 5.74) is 3.31. The number of amides is 1. The molecule has 1 saturated heterocycles. The van der Waals surface area contributed by atoms with Gasteiger partial charge >= 0.3 is 0 Å². The van der Waals surface area contributed by atoms with Gasteiger partial charge in [-0.3, -0.25) is 19.6 Å². The summed E-state index contributed by atoms with van der Waals surface area (Å²) < 4.78 is 1.58. The van der Waals surface area contributed by atoms with E-state index in [4.69, 9.17) is 4.98 Å². The van der Waals surface area contributed by atoms with Crippen LogP contribution in [-0.2, 0) is 17.8 Å². The van der Waals surface area contributed by atoms with Crippen molar-refractivity contribution in [2.24, 2.45) is 5.92 Å². The third-order valence-corrected chi connectivity index (χ3v) is 6.72. The number of hydrogen-bond donors (Lipinski definition) is 1. The minimum atomic E-state index is -0.00413. The van der Waals surface area contributed by atoms with E-state index in [9.17, 15) is 9.59 Å². The Labute approximate surface area is 172 Å². The van der Waals surface area contributed by atoms with E-state index < -0.39 is 0 Å². The molecule has 2 aromatic rings. The third-order valence-electron chi connectivity index (χ3n) is 6.72. The minimum Gasteiger partial charge on any atom is -0.334 e. The fraction of sp³-hybridized carbons (Fsp3) is 0.682. The van der Waals surface area contributed by atoms with Crippen molar-refractivity contribution < 1.29 is 4.79 Å². The predicted octanol–water partition coefficient (Wildman–Crippen LogP) is 2.89. The normalized spacial score (nSPS) is 21.6. The number of fused-ring (bicyclic) bond motifs is 2. The molecule has 2 aliphatic rings. The van der Waals surface area contributed by atoms with Crippen LogP contribution >= 0.6 is 0 Å². The number of aromatic nitrogens is 3. The number of nitrogens with one attached hydrogen (secondary N) is 1. The highest BCUT2D eigenvalue weighted by atomic mass is 16.2. The van der Waals surface area contributed by atoms with Crippen molar-refractivity contribution in [3.63, 3.8) is 0 Å². The zero-order valence-electron chi connectivity index (χ0n) is 18.1. The summed E-state index contributed by atoms with van der Waals surface area (Å²) in [6, 6.07) is 2.38. The van der Waals surface area contributed by atoms with Gasteiger partial charge in [-0.05, 0) is 39.5 Å². The van der Waals surface area contributed by atoms with Crippen LogP contribution in [0.25, 0.3) is 5.65 Å². The molecule has 0 aromatic carbocycles. The van der Waals surface area contributed by atoms with Gasteiger partial charge in [0.05, 0.1) is 23.0 Å². The number of nitrogens with zero attached hydrogens (tertiary/aromatic N) is 4. The van der Waals surface area contributed by atoms with Crippen molar-refractivity contribution in [1.29, 1.82) is 0 Å². The Hall–Kier alpha value is -2.15. The summed E-state index contributed by atoms with van der Waals surface area (Å²) in [4.78, 5) is 35.2. The molecule has 0 spiro atoms. The summed E-state index contributed by atoms with van der Waals surface area (Å²) in [6.45, 7) is 10.7. The van der Waals surface area contributed by atoms with Gasteiger partial charge in [0.25, 0.3) is 5.56 Å². The average Bonchev–Trinajstić information content (AvgIpc) is 3.16. The van der Waals surface area contributed by atoms with Gasteiger partial charge in [-0.15, -0.1) is 0 Å². The second kappa shape index (κ2) is 7.94. The van der Waals surface area contributed by atoms with Gasteiger partial charge in [-0.1, -0.05) is 13.8 Å². The summed E-state index contributed by atoms with van der Waals surface area (Å²) in [5.74, 6) is 0.234. The average molecular weight is 400 g/mol. The highest BCUT2D eigenvalue weighted by Gasteiger charge is 2.32. The van der Waals surface area contributed by atoms with Gasteiger partial charge < -0.3 is 4.90 Å². The van der Waals surface area contributed by atoms with Crippen molar-refractivity contribution in [3.8, 4) is 0 Å². The predicted molar refractivity (Wildman–Crippen MR) is 113 cm³/mol. The first-order valence-electron chi connectivity index (χ1n) is 11.1. The first-order valence-corrected chi connectivity index (χ1v) is 11.1. The van der Waals surface area contributed by atoms with Gasteiger partial charge in [0.15, 0.2) is 5.65 Å². The van der Waals surface area contributed by atoms with Crippen LogP contribution in [0.15, 0.2) is 10.9 Å². The number of carbonyl (C=O) groups excluding carboxylic acids is 1. The van der Waals surface area contributed by atoms with Crippen LogP contribution in [0.3, 0.4) is 0 Å². The zero-order chi connectivity index (χ0) is 20.7. The molecule has 0 bridgehead atoms. The molecule has 1 fully saturated rings. The van der Waals surface area contributed by atoms with Crippen molar-refractivity contribution in [3.05, 3.63) is 33.4 Å². The topological polar surface area (TPSA) is 73.7 Å². The van der Waals surface area contributed by atoms with Gasteiger partial charge in [0.2, 0.25) is 5.91 Å². The molecule has 2 atom stereocenters. The largest absolute Gasteiger partial charge is 0.334 e. The van der Waals surface area contributed by atoms with E-state index in [1.807, 2.05) is 17.9 Å². The van der Waals surface area contributed by atoms with Gasteiger partial charge in [0.1, 0.15) is 0 Å². The van der Waals surface area contributed by atoms with E-state index in [1.165, 1.54) is 0 Å². The summed E-state index contributed by atoms with van der Waals surface area (Å²) >= 11 is 0. The molecular weight excluding hydrogens is 366 g/mol. The van der Waals surface area contributed by atoms with E-state index in [0.717, 1.165) is 62.1 Å². The fourth-order valence-corrected chi connectivity index (χ4v) is 4.61. The maximum absolute atomic E-state index is 13.2. The van der Waals surface area contributed by atoms with Crippen LogP contribution in [0.4, 0.5) is 0 Å². The molecular formula is C22H33N5O2. The van der Waals surface area contributed by atoms with Crippen LogP contribution < -0.4 is 5.56 Å². The summed E-state index contributed by atoms with van der Waals surface area (Å²) in [5, 5.41) is 3.30. The number of aromatic amines is 1. The molecule has 2 aromatic heterocycles. The molecule has 1 N–H and O–H groups in total. The maximum Gasteiger partial charge on any atom is 0.277 e. The second-order valence-corrected chi connectivity index (χ2v) is 8.91. The zero-order valence-corrected chi connectivity index (χ0v) is 18.1. The van der Waals surface area contributed by atoms with Crippen LogP contribution in [0, 0.1) is 5.92 Å². The Balaban J connectivity index is 1.71. The van der Waals surface area contributed by atoms with E-state index >= 15 is 0 Å². The molecule has 2 aliphatic heterocycles. The number of rotatable bonds is 4. The highest BCUT2D eigenvalue weighted by Crippen LogP contribution is 2.32. The monoisotopic (exact) mass is 399 g/mol. The minimum absolute atomic E-state index is 0.00258. The number of piperidine rings is 1. The Kier molecular flexibility index (Phi) is 5.51. The molecule has 4 rings (SSSR count). The molecule has 1 amide bonds. The van der Waals surface area contributed by atoms with Crippen molar-refractivity contribution >= 4 is 11.6 Å². The Morgan fingerprint density at radius 1 is 1.28 bits per heavy atom. The van der Waals surface area contributed by atoms with E-state index in [2.05, 4.69) is 30.8 Å². The molecule has 0 saturated carbocycles. The van der Waals surface area contributed by atoms with Crippen LogP contribution in [0.1, 0.15) is 76.4 Å². The third kappa shape index (κ3) is 3.61. The lowest BCUT2D eigenvalue weighted by atomic mass is 9.96. The maximum atomic E-state index is 13.2. The van der Waals surface area contributed by atoms with E-state index in [1.54, 1.807) is 4.52 Å². The number of H-pyrrole nitrogens is 1. The lowest BCUT2D eigenvalue weighted by Crippen LogP contribution is -2.41. The van der Waals surface area contributed by atoms with Gasteiger partial charge in [0, 0.05) is 44.1 Å². The first-order chi connectivity index (χ1) is 13.9. The van der Waals surface area contributed by atoms with Gasteiger partial charge in [-0.25, -0.2) is 9.50 Å². The molecule has 0 aliphatic carbocycles.